The SMILES string of the molecule is CN(C)C12CC3CC(CC1(CC(C)(C)NC14CC5CC(CC1C5)C4)C3)C2. The van der Waals surface area contributed by atoms with Crippen molar-refractivity contribution in [2.45, 2.75) is 101 Å². The van der Waals surface area contributed by atoms with Crippen LogP contribution in [-0.4, -0.2) is 35.6 Å². The van der Waals surface area contributed by atoms with Gasteiger partial charge in [-0.3, -0.25) is 0 Å². The number of nitrogens with one attached hydrogen (secondary N) is 1. The maximum Gasteiger partial charge on any atom is 0.0265 e. The van der Waals surface area contributed by atoms with Gasteiger partial charge in [0.15, 0.2) is 0 Å². The third kappa shape index (κ3) is 2.02. The highest BCUT2D eigenvalue weighted by Gasteiger charge is 2.68. The van der Waals surface area contributed by atoms with Crippen LogP contribution in [0.4, 0.5) is 0 Å². The average molecular weight is 357 g/mol. The Labute approximate surface area is 160 Å². The standard InChI is InChI=1S/C24H40N2/c1-21(2,25-23-11-16-5-17(12-23)8-20(23)7-16)15-22-9-18-6-19(10-22)14-24(22,13-18)26(3)4/h16-20,25H,5-15H2,1-4H3. The van der Waals surface area contributed by atoms with Crippen LogP contribution in [-0.2, 0) is 0 Å². The number of nitrogens with zero attached hydrogens (tertiary/aromatic N) is 1. The molecule has 1 N–H and O–H groups in total. The normalized spacial score (nSPS) is 56.4. The van der Waals surface area contributed by atoms with Crippen LogP contribution >= 0.6 is 0 Å². The lowest BCUT2D eigenvalue weighted by atomic mass is 9.65. The topological polar surface area (TPSA) is 15.3 Å². The smallest absolute Gasteiger partial charge is 0.0265 e. The molecule has 8 rings (SSSR count). The highest BCUT2D eigenvalue weighted by molar-refractivity contribution is 5.23. The van der Waals surface area contributed by atoms with Crippen molar-refractivity contribution in [2.24, 2.45) is 35.0 Å². The molecule has 8 aliphatic carbocycles. The van der Waals surface area contributed by atoms with Gasteiger partial charge in [-0.2, -0.15) is 0 Å². The van der Waals surface area contributed by atoms with Gasteiger partial charge in [0.1, 0.15) is 0 Å². The van der Waals surface area contributed by atoms with Crippen molar-refractivity contribution in [2.75, 3.05) is 14.1 Å². The predicted molar refractivity (Wildman–Crippen MR) is 107 cm³/mol. The molecule has 2 nitrogen and oxygen atoms in total. The molecule has 0 aliphatic heterocycles. The van der Waals surface area contributed by atoms with E-state index in [1.807, 2.05) is 0 Å². The Balaban J connectivity index is 1.28. The predicted octanol–water partition coefficient (Wildman–Crippen LogP) is 4.83. The minimum Gasteiger partial charge on any atom is -0.306 e. The van der Waals surface area contributed by atoms with Crippen molar-refractivity contribution in [1.82, 2.24) is 10.2 Å². The Morgan fingerprint density at radius 2 is 1.38 bits per heavy atom. The molecule has 0 aromatic rings. The van der Waals surface area contributed by atoms with E-state index in [1.54, 1.807) is 12.8 Å². The van der Waals surface area contributed by atoms with Crippen molar-refractivity contribution in [3.63, 3.8) is 0 Å². The zero-order chi connectivity index (χ0) is 17.9. The number of rotatable bonds is 5. The van der Waals surface area contributed by atoms with E-state index in [0.29, 0.717) is 22.0 Å². The lowest BCUT2D eigenvalue weighted by Gasteiger charge is -2.51. The van der Waals surface area contributed by atoms with Crippen molar-refractivity contribution >= 4 is 0 Å². The van der Waals surface area contributed by atoms with E-state index < -0.39 is 0 Å². The summed E-state index contributed by atoms with van der Waals surface area (Å²) in [7, 11) is 4.78. The van der Waals surface area contributed by atoms with Gasteiger partial charge in [0, 0.05) is 16.6 Å². The van der Waals surface area contributed by atoms with Crippen LogP contribution in [0.15, 0.2) is 0 Å². The fourth-order valence-corrected chi connectivity index (χ4v) is 10.7. The van der Waals surface area contributed by atoms with Gasteiger partial charge in [0.2, 0.25) is 0 Å². The summed E-state index contributed by atoms with van der Waals surface area (Å²) in [5, 5.41) is 4.39. The highest BCUT2D eigenvalue weighted by Crippen LogP contribution is 2.71. The molecule has 0 amide bonds. The molecular formula is C24H40N2. The van der Waals surface area contributed by atoms with Gasteiger partial charge in [-0.05, 0) is 134 Å². The summed E-state index contributed by atoms with van der Waals surface area (Å²) in [5.41, 5.74) is 1.92. The van der Waals surface area contributed by atoms with Gasteiger partial charge < -0.3 is 10.2 Å². The van der Waals surface area contributed by atoms with Gasteiger partial charge in [-0.25, -0.2) is 0 Å². The summed E-state index contributed by atoms with van der Waals surface area (Å²) in [5.74, 6) is 5.16. The van der Waals surface area contributed by atoms with Gasteiger partial charge >= 0.3 is 0 Å². The summed E-state index contributed by atoms with van der Waals surface area (Å²) in [6, 6.07) is 0. The molecule has 4 unspecified atom stereocenters. The average Bonchev–Trinajstić information content (AvgIpc) is 3.04. The Morgan fingerprint density at radius 3 is 1.96 bits per heavy atom. The molecule has 0 aromatic carbocycles. The molecule has 0 saturated heterocycles. The van der Waals surface area contributed by atoms with Crippen LogP contribution in [0.2, 0.25) is 0 Å². The molecule has 0 aromatic heterocycles. The Hall–Kier alpha value is -0.0800. The minimum absolute atomic E-state index is 0.293. The second-order valence-corrected chi connectivity index (χ2v) is 12.9. The molecule has 8 saturated carbocycles. The van der Waals surface area contributed by atoms with Gasteiger partial charge in [-0.15, -0.1) is 0 Å². The Morgan fingerprint density at radius 1 is 0.808 bits per heavy atom. The molecule has 0 heterocycles. The third-order valence-corrected chi connectivity index (χ3v) is 10.5. The lowest BCUT2D eigenvalue weighted by Crippen LogP contribution is -2.60. The first kappa shape index (κ1) is 16.8. The highest BCUT2D eigenvalue weighted by atomic mass is 15.2. The van der Waals surface area contributed by atoms with Crippen LogP contribution < -0.4 is 5.32 Å². The second-order valence-electron chi connectivity index (χ2n) is 12.9. The quantitative estimate of drug-likeness (QED) is 0.759. The minimum atomic E-state index is 0.293. The van der Waals surface area contributed by atoms with E-state index in [2.05, 4.69) is 38.2 Å². The summed E-state index contributed by atoms with van der Waals surface area (Å²) >= 11 is 0. The Bertz CT molecular complexity index is 592. The summed E-state index contributed by atoms with van der Waals surface area (Å²) in [6.45, 7) is 5.14. The first-order valence-corrected chi connectivity index (χ1v) is 11.7. The van der Waals surface area contributed by atoms with E-state index in [0.717, 1.165) is 29.6 Å². The molecule has 4 atom stereocenters. The Kier molecular flexibility index (Phi) is 3.18. The number of hydrogen-bond acceptors (Lipinski definition) is 2. The van der Waals surface area contributed by atoms with Gasteiger partial charge in [-0.1, -0.05) is 0 Å². The number of hydrogen-bond donors (Lipinski definition) is 1. The summed E-state index contributed by atoms with van der Waals surface area (Å²) in [6.07, 6.45) is 16.6. The van der Waals surface area contributed by atoms with Gasteiger partial charge in [0.25, 0.3) is 0 Å². The first-order chi connectivity index (χ1) is 12.2. The largest absolute Gasteiger partial charge is 0.306 e. The molecule has 146 valence electrons. The molecule has 8 bridgehead atoms. The maximum absolute atomic E-state index is 4.39. The van der Waals surface area contributed by atoms with Crippen molar-refractivity contribution in [1.29, 1.82) is 0 Å². The van der Waals surface area contributed by atoms with Crippen LogP contribution in [0.1, 0.15) is 84.5 Å². The van der Waals surface area contributed by atoms with Crippen LogP contribution in [0.25, 0.3) is 0 Å². The maximum atomic E-state index is 4.39. The fourth-order valence-electron chi connectivity index (χ4n) is 10.7. The van der Waals surface area contributed by atoms with E-state index in [4.69, 9.17) is 0 Å². The molecule has 8 fully saturated rings. The van der Waals surface area contributed by atoms with Crippen LogP contribution in [0.3, 0.4) is 0 Å². The van der Waals surface area contributed by atoms with Crippen LogP contribution in [0.5, 0.6) is 0 Å². The molecule has 26 heavy (non-hydrogen) atoms. The van der Waals surface area contributed by atoms with Gasteiger partial charge in [0.05, 0.1) is 0 Å². The fraction of sp³-hybridized carbons (Fsp3) is 1.00. The van der Waals surface area contributed by atoms with E-state index in [9.17, 15) is 0 Å². The van der Waals surface area contributed by atoms with Crippen LogP contribution in [0, 0.1) is 35.0 Å². The van der Waals surface area contributed by atoms with E-state index in [-0.39, 0.29) is 0 Å². The third-order valence-electron chi connectivity index (χ3n) is 10.5. The molecule has 2 heteroatoms. The van der Waals surface area contributed by atoms with Crippen molar-refractivity contribution < 1.29 is 0 Å². The van der Waals surface area contributed by atoms with E-state index in [1.165, 1.54) is 57.8 Å². The van der Waals surface area contributed by atoms with Crippen molar-refractivity contribution in [3.8, 4) is 0 Å². The molecule has 8 aliphatic rings. The molecule has 0 radical (unpaired) electrons. The summed E-state index contributed by atoms with van der Waals surface area (Å²) in [4.78, 5) is 2.67. The lowest BCUT2D eigenvalue weighted by molar-refractivity contribution is 0.0160. The van der Waals surface area contributed by atoms with E-state index >= 15 is 0 Å². The summed E-state index contributed by atoms with van der Waals surface area (Å²) < 4.78 is 0. The molecule has 0 spiro atoms. The zero-order valence-electron chi connectivity index (χ0n) is 17.6. The molecular weight excluding hydrogens is 316 g/mol. The van der Waals surface area contributed by atoms with Crippen molar-refractivity contribution in [3.05, 3.63) is 0 Å². The first-order valence-electron chi connectivity index (χ1n) is 11.7. The zero-order valence-corrected chi connectivity index (χ0v) is 17.6. The second kappa shape index (κ2) is 4.90. The monoisotopic (exact) mass is 356 g/mol.